The van der Waals surface area contributed by atoms with E-state index in [1.807, 2.05) is 0 Å². The van der Waals surface area contributed by atoms with E-state index in [2.05, 4.69) is 31.6 Å². The predicted octanol–water partition coefficient (Wildman–Crippen LogP) is 6.51. The smallest absolute Gasteiger partial charge is 0.414 e. The number of unbranched alkanes of at least 4 members (excludes halogenated alkanes) is 6. The van der Waals surface area contributed by atoms with Crippen LogP contribution in [0.25, 0.3) is 0 Å². The summed E-state index contributed by atoms with van der Waals surface area (Å²) in [6.07, 6.45) is 3.60. The molecule has 0 aromatic heterocycles. The normalized spacial score (nSPS) is 11.6. The van der Waals surface area contributed by atoms with Crippen LogP contribution in [0.3, 0.4) is 0 Å². The summed E-state index contributed by atoms with van der Waals surface area (Å²) in [5.41, 5.74) is -2.71. The van der Waals surface area contributed by atoms with Crippen molar-refractivity contribution in [2.75, 3.05) is 45.9 Å². The molecule has 5 N–H and O–H groups in total. The molecule has 0 aliphatic carbocycles. The molecule has 0 rings (SSSR count). The maximum absolute atomic E-state index is 12.7. The first-order valence-corrected chi connectivity index (χ1v) is 19.9. The molecular weight excluding hydrogens is 742 g/mol. The van der Waals surface area contributed by atoms with Crippen LogP contribution in [-0.4, -0.2) is 116 Å². The largest absolute Gasteiger partial charge is 0.444 e. The summed E-state index contributed by atoms with van der Waals surface area (Å²) in [5, 5.41) is 13.0. The van der Waals surface area contributed by atoms with Crippen LogP contribution in [0.1, 0.15) is 141 Å². The fourth-order valence-corrected chi connectivity index (χ4v) is 4.52. The van der Waals surface area contributed by atoms with Crippen LogP contribution in [0.4, 0.5) is 24.0 Å². The monoisotopic (exact) mass is 816 g/mol. The van der Waals surface area contributed by atoms with Crippen molar-refractivity contribution in [3.63, 3.8) is 0 Å². The lowest BCUT2D eigenvalue weighted by Gasteiger charge is -2.27. The first-order valence-electron chi connectivity index (χ1n) is 19.9. The Morgan fingerprint density at radius 1 is 0.474 bits per heavy atom. The topological polar surface area (TPSA) is 224 Å². The third-order valence-electron chi connectivity index (χ3n) is 6.80. The summed E-state index contributed by atoms with van der Waals surface area (Å²) in [6, 6.07) is 0. The van der Waals surface area contributed by atoms with Crippen LogP contribution in [0, 0.1) is 0 Å². The van der Waals surface area contributed by atoms with Crippen molar-refractivity contribution >= 4 is 42.3 Å². The van der Waals surface area contributed by atoms with Crippen LogP contribution in [-0.2, 0) is 28.5 Å². The molecule has 0 spiro atoms. The summed E-state index contributed by atoms with van der Waals surface area (Å²) < 4.78 is 26.3. The summed E-state index contributed by atoms with van der Waals surface area (Å²) in [5.74, 6) is -0.442. The molecule has 0 unspecified atom stereocenters. The van der Waals surface area contributed by atoms with Gasteiger partial charge in [0.05, 0.1) is 0 Å². The lowest BCUT2D eigenvalue weighted by Crippen LogP contribution is -2.47. The second-order valence-electron chi connectivity index (χ2n) is 17.4. The molecule has 18 heteroatoms. The van der Waals surface area contributed by atoms with E-state index in [0.717, 1.165) is 38.5 Å². The van der Waals surface area contributed by atoms with E-state index in [-0.39, 0.29) is 5.96 Å². The summed E-state index contributed by atoms with van der Waals surface area (Å²) >= 11 is 0. The molecule has 0 saturated carbocycles. The van der Waals surface area contributed by atoms with Gasteiger partial charge in [0.2, 0.25) is 5.96 Å². The zero-order chi connectivity index (χ0) is 43.7. The number of guanidine groups is 1. The molecule has 18 nitrogen and oxygen atoms in total. The van der Waals surface area contributed by atoms with Gasteiger partial charge >= 0.3 is 30.5 Å². The Hall–Kier alpha value is -4.51. The van der Waals surface area contributed by atoms with E-state index < -0.39 is 65.4 Å². The number of hydrogen-bond acceptors (Lipinski definition) is 12. The number of carbonyl (C=O) groups excluding carboxylic acids is 6. The van der Waals surface area contributed by atoms with E-state index in [1.165, 1.54) is 0 Å². The van der Waals surface area contributed by atoms with Crippen LogP contribution in [0.15, 0.2) is 4.99 Å². The number of nitrogens with one attached hydrogen (secondary N) is 5. The van der Waals surface area contributed by atoms with Gasteiger partial charge in [0.25, 0.3) is 5.91 Å². The number of rotatable bonds is 20. The molecule has 0 aromatic rings. The second kappa shape index (κ2) is 26.4. The van der Waals surface area contributed by atoms with Crippen LogP contribution in [0.5, 0.6) is 0 Å². The molecule has 0 aliphatic rings. The molecule has 0 aromatic carbocycles. The molecule has 6 amide bonds. The Bertz CT molecular complexity index is 1250. The van der Waals surface area contributed by atoms with Gasteiger partial charge in [-0.1, -0.05) is 25.7 Å². The minimum Gasteiger partial charge on any atom is -0.444 e. The van der Waals surface area contributed by atoms with E-state index >= 15 is 0 Å². The van der Waals surface area contributed by atoms with Crippen LogP contribution in [0.2, 0.25) is 0 Å². The van der Waals surface area contributed by atoms with Crippen molar-refractivity contribution in [2.45, 2.75) is 163 Å². The lowest BCUT2D eigenvalue weighted by molar-refractivity contribution is -0.124. The molecule has 57 heavy (non-hydrogen) atoms. The highest BCUT2D eigenvalue weighted by atomic mass is 16.6. The van der Waals surface area contributed by atoms with Crippen molar-refractivity contribution in [2.24, 2.45) is 4.99 Å². The number of amides is 6. The third-order valence-corrected chi connectivity index (χ3v) is 6.80. The standard InChI is InChI=1S/C39H73N7O11/c1-36(2,3)54-32(49)43-25-21-27-46(35(52)57-39(10,11)12)26-20-19-24-42-31(48)53-28-29(47)40-22-17-15-13-14-16-18-23-41-30(44-33(50)55-37(4,5)6)45-34(51)56-38(7,8)9/h13-28H2,1-12H3,(H,40,47)(H,42,48)(H,43,49)(H2,41,44,45,50,51). The number of carbonyl (C=O) groups is 6. The minimum absolute atomic E-state index is 0.0464. The third kappa shape index (κ3) is 34.5. The SMILES string of the molecule is CC(C)(C)OC(=O)NCCCN(CCCCNC(=O)OCC(=O)NCCCCCCCCN=C(NC(=O)OC(C)(C)C)NC(=O)OC(C)(C)C)C(=O)OC(C)(C)C. The Morgan fingerprint density at radius 3 is 1.44 bits per heavy atom. The number of hydrogen-bond donors (Lipinski definition) is 5. The molecule has 0 heterocycles. The number of aliphatic imine (C=N–C) groups is 1. The van der Waals surface area contributed by atoms with Crippen molar-refractivity contribution in [1.29, 1.82) is 0 Å². The van der Waals surface area contributed by atoms with Gasteiger partial charge in [-0.05, 0) is 115 Å². The number of nitrogens with zero attached hydrogens (tertiary/aromatic N) is 2. The van der Waals surface area contributed by atoms with Crippen molar-refractivity contribution in [1.82, 2.24) is 31.5 Å². The van der Waals surface area contributed by atoms with Gasteiger partial charge in [-0.3, -0.25) is 20.4 Å². The zero-order valence-electron chi connectivity index (χ0n) is 36.7. The van der Waals surface area contributed by atoms with Gasteiger partial charge in [-0.15, -0.1) is 0 Å². The summed E-state index contributed by atoms with van der Waals surface area (Å²) in [4.78, 5) is 79.1. The Morgan fingerprint density at radius 2 is 0.895 bits per heavy atom. The van der Waals surface area contributed by atoms with E-state index in [4.69, 9.17) is 23.7 Å². The molecule has 0 atom stereocenters. The zero-order valence-corrected chi connectivity index (χ0v) is 36.7. The fraction of sp³-hybridized carbons (Fsp3) is 0.821. The van der Waals surface area contributed by atoms with Crippen LogP contribution >= 0.6 is 0 Å². The summed E-state index contributed by atoms with van der Waals surface area (Å²) in [7, 11) is 0. The van der Waals surface area contributed by atoms with Gasteiger partial charge < -0.3 is 44.5 Å². The number of alkyl carbamates (subject to hydrolysis) is 4. The van der Waals surface area contributed by atoms with Gasteiger partial charge in [0, 0.05) is 39.3 Å². The Labute approximate surface area is 340 Å². The first-order chi connectivity index (χ1) is 26.2. The van der Waals surface area contributed by atoms with Crippen LogP contribution < -0.4 is 26.6 Å². The van der Waals surface area contributed by atoms with Gasteiger partial charge in [0.15, 0.2) is 6.61 Å². The van der Waals surface area contributed by atoms with Crippen molar-refractivity contribution < 1.29 is 52.5 Å². The molecule has 330 valence electrons. The van der Waals surface area contributed by atoms with Crippen molar-refractivity contribution in [3.05, 3.63) is 0 Å². The second-order valence-corrected chi connectivity index (χ2v) is 17.4. The predicted molar refractivity (Wildman–Crippen MR) is 217 cm³/mol. The highest BCUT2D eigenvalue weighted by Crippen LogP contribution is 2.12. The maximum atomic E-state index is 12.7. The first kappa shape index (κ1) is 52.5. The molecular formula is C39H73N7O11. The molecule has 0 saturated heterocycles. The van der Waals surface area contributed by atoms with Crippen molar-refractivity contribution in [3.8, 4) is 0 Å². The lowest BCUT2D eigenvalue weighted by atomic mass is 10.1. The Balaban J connectivity index is 4.31. The summed E-state index contributed by atoms with van der Waals surface area (Å²) in [6.45, 7) is 22.9. The quantitative estimate of drug-likeness (QED) is 0.0386. The molecule has 0 aliphatic heterocycles. The molecule has 0 bridgehead atoms. The van der Waals surface area contributed by atoms with Gasteiger partial charge in [-0.2, -0.15) is 0 Å². The average molecular weight is 816 g/mol. The average Bonchev–Trinajstić information content (AvgIpc) is 3.01. The highest BCUT2D eigenvalue weighted by Gasteiger charge is 2.23. The molecule has 0 fully saturated rings. The van der Waals surface area contributed by atoms with Gasteiger partial charge in [-0.25, -0.2) is 24.0 Å². The molecule has 0 radical (unpaired) electrons. The number of ether oxygens (including phenoxy) is 5. The Kier molecular flexibility index (Phi) is 24.3. The van der Waals surface area contributed by atoms with Gasteiger partial charge in [0.1, 0.15) is 22.4 Å². The minimum atomic E-state index is -0.742. The van der Waals surface area contributed by atoms with E-state index in [1.54, 1.807) is 88.0 Å². The fourth-order valence-electron chi connectivity index (χ4n) is 4.52. The highest BCUT2D eigenvalue weighted by molar-refractivity contribution is 6.01. The van der Waals surface area contributed by atoms with E-state index in [9.17, 15) is 28.8 Å². The maximum Gasteiger partial charge on any atom is 0.414 e. The van der Waals surface area contributed by atoms with E-state index in [0.29, 0.717) is 58.5 Å².